The average Bonchev–Trinajstić information content (AvgIpc) is 2.99. The Labute approximate surface area is 151 Å². The lowest BCUT2D eigenvalue weighted by Gasteiger charge is -2.15. The van der Waals surface area contributed by atoms with Crippen LogP contribution < -0.4 is 16.4 Å². The molecular formula is C18H24N4O2S. The molecule has 7 heteroatoms. The number of thiazole rings is 1. The second-order valence-electron chi connectivity index (χ2n) is 6.85. The Hall–Kier alpha value is -2.25. The minimum Gasteiger partial charge on any atom is -0.354 e. The van der Waals surface area contributed by atoms with E-state index >= 15 is 0 Å². The number of hydrogen-bond acceptors (Lipinski definition) is 5. The third-order valence-corrected chi connectivity index (χ3v) is 4.35. The molecule has 6 nitrogen and oxygen atoms in total. The Balaban J connectivity index is 1.82. The number of nitrogens with one attached hydrogen (secondary N) is 2. The largest absolute Gasteiger partial charge is 0.354 e. The normalized spacial score (nSPS) is 12.5. The monoisotopic (exact) mass is 360 g/mol. The van der Waals surface area contributed by atoms with Crippen molar-refractivity contribution in [2.24, 2.45) is 11.1 Å². The summed E-state index contributed by atoms with van der Waals surface area (Å²) < 4.78 is 0. The molecule has 2 amide bonds. The summed E-state index contributed by atoms with van der Waals surface area (Å²) in [6, 6.07) is 9.37. The van der Waals surface area contributed by atoms with Gasteiger partial charge in [0.1, 0.15) is 0 Å². The van der Waals surface area contributed by atoms with Gasteiger partial charge in [0.2, 0.25) is 11.8 Å². The van der Waals surface area contributed by atoms with Gasteiger partial charge in [-0.15, -0.1) is 11.3 Å². The zero-order valence-electron chi connectivity index (χ0n) is 14.7. The number of anilines is 1. The highest BCUT2D eigenvalue weighted by atomic mass is 32.1. The van der Waals surface area contributed by atoms with Gasteiger partial charge in [0.05, 0.1) is 12.1 Å². The van der Waals surface area contributed by atoms with E-state index in [0.29, 0.717) is 17.4 Å². The van der Waals surface area contributed by atoms with Crippen LogP contribution in [0.1, 0.15) is 38.1 Å². The lowest BCUT2D eigenvalue weighted by atomic mass is 9.96. The number of nitrogens with two attached hydrogens (primary N) is 1. The zero-order chi connectivity index (χ0) is 18.4. The molecule has 134 valence electrons. The molecule has 25 heavy (non-hydrogen) atoms. The minimum absolute atomic E-state index is 0.105. The molecule has 2 aromatic rings. The van der Waals surface area contributed by atoms with E-state index in [1.54, 1.807) is 5.38 Å². The van der Waals surface area contributed by atoms with Crippen molar-refractivity contribution in [3.8, 4) is 0 Å². The molecule has 0 fully saturated rings. The Kier molecular flexibility index (Phi) is 6.27. The van der Waals surface area contributed by atoms with Crippen LogP contribution in [-0.2, 0) is 16.0 Å². The second kappa shape index (κ2) is 8.22. The number of hydrogen-bond donors (Lipinski definition) is 3. The molecule has 0 saturated heterocycles. The molecule has 1 aromatic heterocycles. The Morgan fingerprint density at radius 1 is 1.24 bits per heavy atom. The van der Waals surface area contributed by atoms with Gasteiger partial charge in [0.25, 0.3) is 0 Å². The van der Waals surface area contributed by atoms with Crippen LogP contribution in [0.2, 0.25) is 0 Å². The van der Waals surface area contributed by atoms with Crippen molar-refractivity contribution in [3.05, 3.63) is 47.0 Å². The van der Waals surface area contributed by atoms with Crippen LogP contribution in [0.4, 0.5) is 5.13 Å². The van der Waals surface area contributed by atoms with Gasteiger partial charge in [0, 0.05) is 23.4 Å². The van der Waals surface area contributed by atoms with Gasteiger partial charge < -0.3 is 16.4 Å². The molecule has 4 N–H and O–H groups in total. The molecule has 1 unspecified atom stereocenters. The maximum atomic E-state index is 12.0. The van der Waals surface area contributed by atoms with Crippen LogP contribution in [0.25, 0.3) is 0 Å². The van der Waals surface area contributed by atoms with Crippen molar-refractivity contribution < 1.29 is 9.59 Å². The lowest BCUT2D eigenvalue weighted by molar-refractivity contribution is -0.123. The highest BCUT2D eigenvalue weighted by Gasteiger charge is 2.22. The van der Waals surface area contributed by atoms with Gasteiger partial charge in [-0.25, -0.2) is 4.98 Å². The fourth-order valence-electron chi connectivity index (χ4n) is 2.00. The molecule has 0 aliphatic heterocycles. The van der Waals surface area contributed by atoms with Crippen molar-refractivity contribution in [1.29, 1.82) is 0 Å². The van der Waals surface area contributed by atoms with Crippen LogP contribution >= 0.6 is 11.3 Å². The summed E-state index contributed by atoms with van der Waals surface area (Å²) in [4.78, 5) is 28.3. The topological polar surface area (TPSA) is 97.1 Å². The molecule has 1 heterocycles. The van der Waals surface area contributed by atoms with Gasteiger partial charge in [-0.3, -0.25) is 9.59 Å². The molecule has 0 bridgehead atoms. The standard InChI is InChI=1S/C18H24N4O2S/c1-18(2,3)16(24)22-17-21-13(11-25-17)9-15(23)20-10-14(19)12-7-5-4-6-8-12/h4-8,11,14H,9-10,19H2,1-3H3,(H,20,23)(H,21,22,24). The molecule has 0 aliphatic carbocycles. The van der Waals surface area contributed by atoms with E-state index in [1.165, 1.54) is 11.3 Å². The molecule has 1 aromatic carbocycles. The lowest BCUT2D eigenvalue weighted by Crippen LogP contribution is -2.33. The van der Waals surface area contributed by atoms with Gasteiger partial charge in [-0.05, 0) is 5.56 Å². The Bertz CT molecular complexity index is 722. The smallest absolute Gasteiger partial charge is 0.231 e. The second-order valence-corrected chi connectivity index (χ2v) is 7.70. The summed E-state index contributed by atoms with van der Waals surface area (Å²) in [5, 5.41) is 7.86. The summed E-state index contributed by atoms with van der Waals surface area (Å²) in [5.74, 6) is -0.253. The van der Waals surface area contributed by atoms with Crippen LogP contribution in [-0.4, -0.2) is 23.3 Å². The van der Waals surface area contributed by atoms with Crippen LogP contribution in [0.3, 0.4) is 0 Å². The first-order valence-electron chi connectivity index (χ1n) is 8.09. The summed E-state index contributed by atoms with van der Waals surface area (Å²) in [5.41, 5.74) is 7.17. The minimum atomic E-state index is -0.489. The van der Waals surface area contributed by atoms with Crippen molar-refractivity contribution in [1.82, 2.24) is 10.3 Å². The third-order valence-electron chi connectivity index (χ3n) is 3.54. The molecule has 0 radical (unpaired) electrons. The van der Waals surface area contributed by atoms with E-state index in [1.807, 2.05) is 51.1 Å². The summed E-state index contributed by atoms with van der Waals surface area (Å²) >= 11 is 1.31. The number of benzene rings is 1. The van der Waals surface area contributed by atoms with Crippen molar-refractivity contribution >= 4 is 28.3 Å². The summed E-state index contributed by atoms with van der Waals surface area (Å²) in [6.45, 7) is 5.86. The SMILES string of the molecule is CC(C)(C)C(=O)Nc1nc(CC(=O)NCC(N)c2ccccc2)cs1. The van der Waals surface area contributed by atoms with Gasteiger partial charge >= 0.3 is 0 Å². The Morgan fingerprint density at radius 3 is 2.56 bits per heavy atom. The zero-order valence-corrected chi connectivity index (χ0v) is 15.5. The van der Waals surface area contributed by atoms with Crippen molar-refractivity contribution in [2.75, 3.05) is 11.9 Å². The molecule has 1 atom stereocenters. The number of amides is 2. The maximum absolute atomic E-state index is 12.0. The highest BCUT2D eigenvalue weighted by Crippen LogP contribution is 2.20. The molecule has 0 spiro atoms. The fourth-order valence-corrected chi connectivity index (χ4v) is 2.70. The van der Waals surface area contributed by atoms with Crippen LogP contribution in [0, 0.1) is 5.41 Å². The first-order chi connectivity index (χ1) is 11.8. The number of carbonyl (C=O) groups is 2. The molecular weight excluding hydrogens is 336 g/mol. The number of carbonyl (C=O) groups excluding carboxylic acids is 2. The number of aromatic nitrogens is 1. The first kappa shape index (κ1) is 19.1. The van der Waals surface area contributed by atoms with Crippen molar-refractivity contribution in [2.45, 2.75) is 33.2 Å². The maximum Gasteiger partial charge on any atom is 0.231 e. The quantitative estimate of drug-likeness (QED) is 0.737. The van der Waals surface area contributed by atoms with E-state index in [0.717, 1.165) is 5.56 Å². The van der Waals surface area contributed by atoms with Crippen LogP contribution in [0.15, 0.2) is 35.7 Å². The van der Waals surface area contributed by atoms with Gasteiger partial charge in [0.15, 0.2) is 5.13 Å². The molecule has 0 aliphatic rings. The first-order valence-corrected chi connectivity index (χ1v) is 8.97. The highest BCUT2D eigenvalue weighted by molar-refractivity contribution is 7.13. The fraction of sp³-hybridized carbons (Fsp3) is 0.389. The van der Waals surface area contributed by atoms with Gasteiger partial charge in [-0.1, -0.05) is 51.1 Å². The predicted octanol–water partition coefficient (Wildman–Crippen LogP) is 2.49. The van der Waals surface area contributed by atoms with Gasteiger partial charge in [-0.2, -0.15) is 0 Å². The predicted molar refractivity (Wildman–Crippen MR) is 100 cm³/mol. The van der Waals surface area contributed by atoms with Crippen molar-refractivity contribution in [3.63, 3.8) is 0 Å². The average molecular weight is 360 g/mol. The summed E-state index contributed by atoms with van der Waals surface area (Å²) in [7, 11) is 0. The number of nitrogens with zero attached hydrogens (tertiary/aromatic N) is 1. The van der Waals surface area contributed by atoms with E-state index in [2.05, 4.69) is 15.6 Å². The van der Waals surface area contributed by atoms with E-state index in [-0.39, 0.29) is 24.3 Å². The molecule has 0 saturated carbocycles. The van der Waals surface area contributed by atoms with Crippen LogP contribution in [0.5, 0.6) is 0 Å². The van der Waals surface area contributed by atoms with E-state index in [9.17, 15) is 9.59 Å². The van der Waals surface area contributed by atoms with E-state index < -0.39 is 5.41 Å². The Morgan fingerprint density at radius 2 is 1.92 bits per heavy atom. The number of rotatable bonds is 6. The summed E-state index contributed by atoms with van der Waals surface area (Å²) in [6.07, 6.45) is 0.156. The molecule has 2 rings (SSSR count). The third kappa shape index (κ3) is 5.95. The van der Waals surface area contributed by atoms with E-state index in [4.69, 9.17) is 5.73 Å².